The van der Waals surface area contributed by atoms with Crippen LogP contribution in [-0.2, 0) is 11.2 Å². The van der Waals surface area contributed by atoms with E-state index in [4.69, 9.17) is 5.11 Å². The Morgan fingerprint density at radius 2 is 2.06 bits per heavy atom. The topological polar surface area (TPSA) is 42.2 Å². The monoisotopic (exact) mass is 231 g/mol. The lowest BCUT2D eigenvalue weighted by atomic mass is 10.1. The Bertz CT molecular complexity index is 540. The molecule has 0 bridgehead atoms. The van der Waals surface area contributed by atoms with Crippen LogP contribution >= 0.6 is 0 Å². The van der Waals surface area contributed by atoms with Gasteiger partial charge in [0, 0.05) is 29.6 Å². The van der Waals surface area contributed by atoms with Crippen LogP contribution in [-0.4, -0.2) is 15.6 Å². The zero-order valence-electron chi connectivity index (χ0n) is 10.2. The van der Waals surface area contributed by atoms with Crippen LogP contribution in [0.3, 0.4) is 0 Å². The predicted octanol–water partition coefficient (Wildman–Crippen LogP) is 3.24. The van der Waals surface area contributed by atoms with Crippen LogP contribution in [0.4, 0.5) is 0 Å². The average Bonchev–Trinajstić information content (AvgIpc) is 2.65. The predicted molar refractivity (Wildman–Crippen MR) is 68.3 cm³/mol. The summed E-state index contributed by atoms with van der Waals surface area (Å²) < 4.78 is 2.20. The molecule has 1 heterocycles. The molecule has 0 fully saturated rings. The summed E-state index contributed by atoms with van der Waals surface area (Å²) in [7, 11) is 0. The van der Waals surface area contributed by atoms with Crippen LogP contribution in [0.1, 0.15) is 31.9 Å². The van der Waals surface area contributed by atoms with Crippen molar-refractivity contribution in [3.63, 3.8) is 0 Å². The molecule has 3 heteroatoms. The van der Waals surface area contributed by atoms with E-state index < -0.39 is 5.97 Å². The molecule has 0 saturated heterocycles. The van der Waals surface area contributed by atoms with E-state index in [0.29, 0.717) is 12.5 Å². The minimum absolute atomic E-state index is 0.187. The maximum absolute atomic E-state index is 10.6. The van der Waals surface area contributed by atoms with Crippen molar-refractivity contribution in [3.05, 3.63) is 36.0 Å². The molecule has 0 aliphatic carbocycles. The van der Waals surface area contributed by atoms with Crippen molar-refractivity contribution in [2.24, 2.45) is 0 Å². The van der Waals surface area contributed by atoms with Gasteiger partial charge in [0.2, 0.25) is 0 Å². The summed E-state index contributed by atoms with van der Waals surface area (Å²) in [5, 5.41) is 9.92. The molecule has 0 aliphatic heterocycles. The Morgan fingerprint density at radius 1 is 1.35 bits per heavy atom. The summed E-state index contributed by atoms with van der Waals surface area (Å²) in [4.78, 5) is 10.6. The Balaban J connectivity index is 2.45. The van der Waals surface area contributed by atoms with E-state index in [1.165, 1.54) is 10.9 Å². The van der Waals surface area contributed by atoms with Gasteiger partial charge >= 0.3 is 5.97 Å². The summed E-state index contributed by atoms with van der Waals surface area (Å²) >= 11 is 0. The van der Waals surface area contributed by atoms with Gasteiger partial charge in [-0.1, -0.05) is 18.2 Å². The quantitative estimate of drug-likeness (QED) is 0.877. The van der Waals surface area contributed by atoms with Crippen molar-refractivity contribution in [2.45, 2.75) is 32.7 Å². The molecule has 1 N–H and O–H groups in total. The van der Waals surface area contributed by atoms with E-state index in [2.05, 4.69) is 36.7 Å². The second kappa shape index (κ2) is 4.62. The normalized spacial score (nSPS) is 11.2. The maximum Gasteiger partial charge on any atom is 0.303 e. The van der Waals surface area contributed by atoms with Crippen LogP contribution < -0.4 is 0 Å². The van der Waals surface area contributed by atoms with E-state index in [-0.39, 0.29) is 6.42 Å². The Kier molecular flexibility index (Phi) is 3.18. The third-order valence-corrected chi connectivity index (χ3v) is 2.99. The summed E-state index contributed by atoms with van der Waals surface area (Å²) in [6, 6.07) is 8.54. The first kappa shape index (κ1) is 11.7. The molecular formula is C14H17NO2. The molecule has 90 valence electrons. The van der Waals surface area contributed by atoms with Crippen LogP contribution in [0, 0.1) is 0 Å². The van der Waals surface area contributed by atoms with Gasteiger partial charge in [0.25, 0.3) is 0 Å². The Labute approximate surface area is 101 Å². The molecule has 0 atom stereocenters. The zero-order chi connectivity index (χ0) is 12.4. The number of para-hydroxylation sites is 1. The molecule has 0 radical (unpaired) electrons. The van der Waals surface area contributed by atoms with E-state index in [1.807, 2.05) is 12.1 Å². The van der Waals surface area contributed by atoms with Gasteiger partial charge < -0.3 is 9.67 Å². The molecule has 0 amide bonds. The van der Waals surface area contributed by atoms with Crippen LogP contribution in [0.5, 0.6) is 0 Å². The van der Waals surface area contributed by atoms with Gasteiger partial charge in [-0.2, -0.15) is 0 Å². The van der Waals surface area contributed by atoms with Crippen LogP contribution in [0.25, 0.3) is 10.9 Å². The molecule has 1 aromatic carbocycles. The van der Waals surface area contributed by atoms with Crippen LogP contribution in [0.15, 0.2) is 30.5 Å². The molecule has 2 aromatic rings. The number of fused-ring (bicyclic) bond motifs is 1. The number of aliphatic carboxylic acids is 1. The number of nitrogens with zero attached hydrogens (tertiary/aromatic N) is 1. The lowest BCUT2D eigenvalue weighted by Crippen LogP contribution is -1.98. The first-order valence-electron chi connectivity index (χ1n) is 5.90. The lowest BCUT2D eigenvalue weighted by molar-refractivity contribution is -0.136. The largest absolute Gasteiger partial charge is 0.481 e. The van der Waals surface area contributed by atoms with Gasteiger partial charge in [-0.25, -0.2) is 0 Å². The van der Waals surface area contributed by atoms with Gasteiger partial charge in [0.15, 0.2) is 0 Å². The molecule has 2 rings (SSSR count). The summed E-state index contributed by atoms with van der Waals surface area (Å²) in [6.07, 6.45) is 2.86. The highest BCUT2D eigenvalue weighted by atomic mass is 16.4. The Hall–Kier alpha value is -1.77. The van der Waals surface area contributed by atoms with Crippen molar-refractivity contribution >= 4 is 16.9 Å². The first-order chi connectivity index (χ1) is 8.09. The van der Waals surface area contributed by atoms with Crippen LogP contribution in [0.2, 0.25) is 0 Å². The van der Waals surface area contributed by atoms with Gasteiger partial charge in [-0.15, -0.1) is 0 Å². The van der Waals surface area contributed by atoms with E-state index >= 15 is 0 Å². The van der Waals surface area contributed by atoms with Gasteiger partial charge in [0.1, 0.15) is 0 Å². The summed E-state index contributed by atoms with van der Waals surface area (Å²) in [6.45, 7) is 4.26. The molecule has 0 spiro atoms. The smallest absolute Gasteiger partial charge is 0.303 e. The number of benzene rings is 1. The fourth-order valence-corrected chi connectivity index (χ4v) is 2.15. The Morgan fingerprint density at radius 3 is 2.71 bits per heavy atom. The second-order valence-corrected chi connectivity index (χ2v) is 4.57. The molecule has 17 heavy (non-hydrogen) atoms. The summed E-state index contributed by atoms with van der Waals surface area (Å²) in [5.41, 5.74) is 2.31. The molecule has 1 aromatic heterocycles. The van der Waals surface area contributed by atoms with Crippen molar-refractivity contribution in [1.29, 1.82) is 0 Å². The van der Waals surface area contributed by atoms with Crippen molar-refractivity contribution in [2.75, 3.05) is 0 Å². The van der Waals surface area contributed by atoms with Gasteiger partial charge in [-0.3, -0.25) is 4.79 Å². The summed E-state index contributed by atoms with van der Waals surface area (Å²) in [5.74, 6) is -0.744. The van der Waals surface area contributed by atoms with E-state index in [0.717, 1.165) is 5.56 Å². The fourth-order valence-electron chi connectivity index (χ4n) is 2.15. The number of hydrogen-bond donors (Lipinski definition) is 1. The number of carboxylic acids is 1. The highest BCUT2D eigenvalue weighted by Crippen LogP contribution is 2.25. The van der Waals surface area contributed by atoms with Crippen molar-refractivity contribution < 1.29 is 9.90 Å². The first-order valence-corrected chi connectivity index (χ1v) is 5.90. The van der Waals surface area contributed by atoms with Gasteiger partial charge in [-0.05, 0) is 31.9 Å². The number of hydrogen-bond acceptors (Lipinski definition) is 1. The third kappa shape index (κ3) is 2.33. The molecule has 3 nitrogen and oxygen atoms in total. The number of carboxylic acid groups (broad SMARTS) is 1. The molecule has 0 aliphatic rings. The maximum atomic E-state index is 10.6. The number of carbonyl (C=O) groups is 1. The second-order valence-electron chi connectivity index (χ2n) is 4.57. The standard InChI is InChI=1S/C14H17NO2/c1-10(2)15-9-11(7-8-14(16)17)12-5-3-4-6-13(12)15/h3-6,9-10H,7-8H2,1-2H3,(H,16,17). The SMILES string of the molecule is CC(C)n1cc(CCC(=O)O)c2ccccc21. The molecular weight excluding hydrogens is 214 g/mol. The minimum atomic E-state index is -0.744. The zero-order valence-corrected chi connectivity index (χ0v) is 10.2. The number of aryl methyl sites for hydroxylation is 1. The average molecular weight is 231 g/mol. The van der Waals surface area contributed by atoms with Crippen molar-refractivity contribution in [1.82, 2.24) is 4.57 Å². The van der Waals surface area contributed by atoms with Gasteiger partial charge in [0.05, 0.1) is 0 Å². The lowest BCUT2D eigenvalue weighted by Gasteiger charge is -2.08. The third-order valence-electron chi connectivity index (χ3n) is 2.99. The minimum Gasteiger partial charge on any atom is -0.481 e. The number of aromatic nitrogens is 1. The highest BCUT2D eigenvalue weighted by molar-refractivity contribution is 5.84. The number of rotatable bonds is 4. The van der Waals surface area contributed by atoms with Crippen molar-refractivity contribution in [3.8, 4) is 0 Å². The molecule has 0 unspecified atom stereocenters. The molecule has 0 saturated carbocycles. The fraction of sp³-hybridized carbons (Fsp3) is 0.357. The highest BCUT2D eigenvalue weighted by Gasteiger charge is 2.10. The van der Waals surface area contributed by atoms with E-state index in [9.17, 15) is 4.79 Å². The van der Waals surface area contributed by atoms with E-state index in [1.54, 1.807) is 0 Å².